The molecule has 0 spiro atoms. The van der Waals surface area contributed by atoms with Crippen molar-refractivity contribution < 1.29 is 4.74 Å². The first-order chi connectivity index (χ1) is 10.3. The smallest absolute Gasteiger partial charge is 0.0896 e. The van der Waals surface area contributed by atoms with Crippen molar-refractivity contribution in [2.75, 3.05) is 13.2 Å². The maximum Gasteiger partial charge on any atom is 0.0896 e. The summed E-state index contributed by atoms with van der Waals surface area (Å²) in [5.41, 5.74) is 3.55. The molecule has 3 heterocycles. The van der Waals surface area contributed by atoms with E-state index >= 15 is 0 Å². The fourth-order valence-electron chi connectivity index (χ4n) is 2.86. The topological polar surface area (TPSA) is 67.8 Å². The average Bonchev–Trinajstić information content (AvgIpc) is 3.20. The number of H-pyrrole nitrogens is 1. The molecule has 2 atom stereocenters. The standard InChI is InChI=1S/C15H23N5O/c1-3-20-10-14(9-18-20)15-12(4-5-21-15)6-16-7-13-8-17-19-11(13)2/h8-10,12,15-16H,3-7H2,1-2H3,(H,17,19). The van der Waals surface area contributed by atoms with Gasteiger partial charge < -0.3 is 10.1 Å². The molecule has 21 heavy (non-hydrogen) atoms. The molecule has 2 N–H and O–H groups in total. The van der Waals surface area contributed by atoms with Crippen LogP contribution in [0.25, 0.3) is 0 Å². The summed E-state index contributed by atoms with van der Waals surface area (Å²) in [4.78, 5) is 0. The molecule has 2 unspecified atom stereocenters. The molecule has 0 aromatic carbocycles. The van der Waals surface area contributed by atoms with Crippen LogP contribution in [0.2, 0.25) is 0 Å². The lowest BCUT2D eigenvalue weighted by atomic mass is 9.97. The zero-order chi connectivity index (χ0) is 14.7. The molecule has 0 saturated carbocycles. The van der Waals surface area contributed by atoms with Gasteiger partial charge in [-0.3, -0.25) is 9.78 Å². The summed E-state index contributed by atoms with van der Waals surface area (Å²) in [7, 11) is 0. The van der Waals surface area contributed by atoms with E-state index in [0.29, 0.717) is 5.92 Å². The maximum atomic E-state index is 5.91. The molecule has 0 radical (unpaired) electrons. The van der Waals surface area contributed by atoms with Crippen molar-refractivity contribution in [3.63, 3.8) is 0 Å². The third-order valence-corrected chi connectivity index (χ3v) is 4.18. The van der Waals surface area contributed by atoms with Gasteiger partial charge in [0, 0.05) is 55.2 Å². The van der Waals surface area contributed by atoms with Crippen molar-refractivity contribution >= 4 is 0 Å². The second kappa shape index (κ2) is 6.41. The number of aromatic nitrogens is 4. The summed E-state index contributed by atoms with van der Waals surface area (Å²) < 4.78 is 7.86. The molecule has 3 rings (SSSR count). The molecular formula is C15H23N5O. The molecule has 2 aromatic heterocycles. The summed E-state index contributed by atoms with van der Waals surface area (Å²) in [5, 5.41) is 14.9. The van der Waals surface area contributed by atoms with Crippen LogP contribution in [0.4, 0.5) is 0 Å². The lowest BCUT2D eigenvalue weighted by molar-refractivity contribution is 0.0904. The summed E-state index contributed by atoms with van der Waals surface area (Å²) in [6.07, 6.45) is 7.19. The van der Waals surface area contributed by atoms with E-state index in [-0.39, 0.29) is 6.10 Å². The van der Waals surface area contributed by atoms with E-state index in [1.165, 1.54) is 11.1 Å². The third kappa shape index (κ3) is 3.16. The number of hydrogen-bond acceptors (Lipinski definition) is 4. The summed E-state index contributed by atoms with van der Waals surface area (Å²) in [5.74, 6) is 0.506. The fraction of sp³-hybridized carbons (Fsp3) is 0.600. The Bertz CT molecular complexity index is 576. The van der Waals surface area contributed by atoms with E-state index in [9.17, 15) is 0 Å². The van der Waals surface area contributed by atoms with Gasteiger partial charge in [0.1, 0.15) is 0 Å². The molecule has 0 aliphatic carbocycles. The maximum absolute atomic E-state index is 5.91. The van der Waals surface area contributed by atoms with Crippen LogP contribution >= 0.6 is 0 Å². The number of aryl methyl sites for hydroxylation is 2. The van der Waals surface area contributed by atoms with Gasteiger partial charge in [-0.05, 0) is 20.3 Å². The molecular weight excluding hydrogens is 266 g/mol. The molecule has 1 saturated heterocycles. The lowest BCUT2D eigenvalue weighted by Gasteiger charge is -2.17. The zero-order valence-corrected chi connectivity index (χ0v) is 12.7. The Morgan fingerprint density at radius 3 is 3.10 bits per heavy atom. The number of nitrogens with zero attached hydrogens (tertiary/aromatic N) is 3. The SMILES string of the molecule is CCn1cc(C2OCCC2CNCc2cn[nH]c2C)cn1. The van der Waals surface area contributed by atoms with E-state index in [0.717, 1.165) is 38.4 Å². The van der Waals surface area contributed by atoms with Gasteiger partial charge in [-0.2, -0.15) is 10.2 Å². The van der Waals surface area contributed by atoms with Gasteiger partial charge in [0.05, 0.1) is 18.5 Å². The van der Waals surface area contributed by atoms with Gasteiger partial charge in [-0.15, -0.1) is 0 Å². The number of ether oxygens (including phenoxy) is 1. The van der Waals surface area contributed by atoms with Crippen molar-refractivity contribution in [1.29, 1.82) is 0 Å². The molecule has 0 amide bonds. The van der Waals surface area contributed by atoms with Crippen LogP contribution in [0.3, 0.4) is 0 Å². The second-order valence-corrected chi connectivity index (χ2v) is 5.62. The largest absolute Gasteiger partial charge is 0.373 e. The first-order valence-electron chi connectivity index (χ1n) is 7.61. The van der Waals surface area contributed by atoms with Gasteiger partial charge in [-0.25, -0.2) is 0 Å². The molecule has 114 valence electrons. The van der Waals surface area contributed by atoms with Crippen molar-refractivity contribution in [3.8, 4) is 0 Å². The Morgan fingerprint density at radius 1 is 1.48 bits per heavy atom. The number of hydrogen-bond donors (Lipinski definition) is 2. The van der Waals surface area contributed by atoms with Crippen LogP contribution in [0.5, 0.6) is 0 Å². The average molecular weight is 289 g/mol. The van der Waals surface area contributed by atoms with Crippen molar-refractivity contribution in [2.24, 2.45) is 5.92 Å². The Balaban J connectivity index is 1.55. The van der Waals surface area contributed by atoms with E-state index in [1.54, 1.807) is 0 Å². The first kappa shape index (κ1) is 14.3. The predicted octanol–water partition coefficient (Wildman–Crippen LogP) is 1.80. The minimum absolute atomic E-state index is 0.170. The van der Waals surface area contributed by atoms with Crippen LogP contribution in [-0.2, 0) is 17.8 Å². The van der Waals surface area contributed by atoms with E-state index in [1.807, 2.05) is 24.0 Å². The highest BCUT2D eigenvalue weighted by atomic mass is 16.5. The highest BCUT2D eigenvalue weighted by Gasteiger charge is 2.30. The predicted molar refractivity (Wildman–Crippen MR) is 79.7 cm³/mol. The van der Waals surface area contributed by atoms with E-state index < -0.39 is 0 Å². The fourth-order valence-corrected chi connectivity index (χ4v) is 2.86. The van der Waals surface area contributed by atoms with Gasteiger partial charge in [0.2, 0.25) is 0 Å². The number of aromatic amines is 1. The molecule has 1 aliphatic heterocycles. The Morgan fingerprint density at radius 2 is 2.38 bits per heavy atom. The van der Waals surface area contributed by atoms with Gasteiger partial charge in [0.15, 0.2) is 0 Å². The Hall–Kier alpha value is -1.66. The molecule has 1 aliphatic rings. The molecule has 0 bridgehead atoms. The number of rotatable bonds is 6. The zero-order valence-electron chi connectivity index (χ0n) is 12.7. The lowest BCUT2D eigenvalue weighted by Crippen LogP contribution is -2.24. The van der Waals surface area contributed by atoms with Crippen molar-refractivity contribution in [1.82, 2.24) is 25.3 Å². The number of nitrogens with one attached hydrogen (secondary N) is 2. The summed E-state index contributed by atoms with van der Waals surface area (Å²) in [6.45, 7) is 7.67. The molecule has 2 aromatic rings. The highest BCUT2D eigenvalue weighted by Crippen LogP contribution is 2.33. The quantitative estimate of drug-likeness (QED) is 0.851. The summed E-state index contributed by atoms with van der Waals surface area (Å²) >= 11 is 0. The minimum atomic E-state index is 0.170. The molecule has 6 nitrogen and oxygen atoms in total. The second-order valence-electron chi connectivity index (χ2n) is 5.62. The molecule has 1 fully saturated rings. The van der Waals surface area contributed by atoms with Crippen LogP contribution in [0, 0.1) is 12.8 Å². The van der Waals surface area contributed by atoms with Crippen LogP contribution in [-0.4, -0.2) is 33.1 Å². The van der Waals surface area contributed by atoms with Crippen molar-refractivity contribution in [3.05, 3.63) is 35.4 Å². The third-order valence-electron chi connectivity index (χ3n) is 4.18. The Labute approximate surface area is 124 Å². The van der Waals surface area contributed by atoms with Crippen LogP contribution < -0.4 is 5.32 Å². The molecule has 6 heteroatoms. The first-order valence-corrected chi connectivity index (χ1v) is 7.61. The highest BCUT2D eigenvalue weighted by molar-refractivity contribution is 5.14. The van der Waals surface area contributed by atoms with Gasteiger partial charge >= 0.3 is 0 Å². The van der Waals surface area contributed by atoms with Crippen LogP contribution in [0.15, 0.2) is 18.6 Å². The Kier molecular flexibility index (Phi) is 4.36. The minimum Gasteiger partial charge on any atom is -0.373 e. The van der Waals surface area contributed by atoms with Gasteiger partial charge in [-0.1, -0.05) is 0 Å². The monoisotopic (exact) mass is 289 g/mol. The normalized spacial score (nSPS) is 22.0. The van der Waals surface area contributed by atoms with Gasteiger partial charge in [0.25, 0.3) is 0 Å². The van der Waals surface area contributed by atoms with E-state index in [2.05, 4.69) is 33.7 Å². The van der Waals surface area contributed by atoms with Crippen molar-refractivity contribution in [2.45, 2.75) is 39.5 Å². The summed E-state index contributed by atoms with van der Waals surface area (Å²) in [6, 6.07) is 0. The van der Waals surface area contributed by atoms with Crippen LogP contribution in [0.1, 0.15) is 36.3 Å². The van der Waals surface area contributed by atoms with E-state index in [4.69, 9.17) is 4.74 Å².